The van der Waals surface area contributed by atoms with Crippen LogP contribution >= 0.6 is 11.3 Å². The number of aryl methyl sites for hydroxylation is 1. The second-order valence-corrected chi connectivity index (χ2v) is 31.6. The number of aromatic carboxylic acids is 1. The Bertz CT molecular complexity index is 4320. The summed E-state index contributed by atoms with van der Waals surface area (Å²) in [5, 5.41) is 39.9. The molecule has 3 aromatic heterocycles. The Morgan fingerprint density at radius 2 is 1.68 bits per heavy atom. The van der Waals surface area contributed by atoms with Crippen LogP contribution in [0.1, 0.15) is 138 Å². The highest BCUT2D eigenvalue weighted by Gasteiger charge is 2.66. The molecule has 10 N–H and O–H groups in total. The lowest BCUT2D eigenvalue weighted by atomic mass is 9.39. The molecule has 4 aliphatic carbocycles. The summed E-state index contributed by atoms with van der Waals surface area (Å²) in [5.74, 6) is -3.45. The summed E-state index contributed by atoms with van der Waals surface area (Å²) in [5.41, 5.74) is 10.4. The summed E-state index contributed by atoms with van der Waals surface area (Å²) in [6.07, 6.45) is 11.3. The Morgan fingerprint density at radius 3 is 2.39 bits per heavy atom. The van der Waals surface area contributed by atoms with Gasteiger partial charge in [0.15, 0.2) is 10.8 Å². The highest BCUT2D eigenvalue weighted by molar-refractivity contribution is 7.85. The number of aromatic nitrogens is 4. The molecule has 2 aliphatic heterocycles. The van der Waals surface area contributed by atoms with Crippen LogP contribution in [0.2, 0.25) is 0 Å². The second-order valence-electron chi connectivity index (χ2n) is 29.0. The molecule has 6 unspecified atom stereocenters. The Hall–Kier alpha value is -9.36. The van der Waals surface area contributed by atoms with Gasteiger partial charge in [-0.2, -0.15) is 13.5 Å². The fourth-order valence-corrected chi connectivity index (χ4v) is 18.0. The third kappa shape index (κ3) is 18.0. The number of rotatable bonds is 32. The summed E-state index contributed by atoms with van der Waals surface area (Å²) in [6, 6.07) is 20.2. The average molecular weight is 1470 g/mol. The zero-order valence-electron chi connectivity index (χ0n) is 59.2. The number of anilines is 3. The zero-order chi connectivity index (χ0) is 74.3. The summed E-state index contributed by atoms with van der Waals surface area (Å²) in [7, 11) is -4.51. The van der Waals surface area contributed by atoms with Crippen LogP contribution in [0.4, 0.5) is 30.9 Å². The van der Waals surface area contributed by atoms with Gasteiger partial charge in [0.25, 0.3) is 10.1 Å². The van der Waals surface area contributed by atoms with E-state index in [4.69, 9.17) is 25.3 Å². The number of aliphatic hydroxyl groups excluding tert-OH is 1. The van der Waals surface area contributed by atoms with Crippen molar-refractivity contribution in [1.82, 2.24) is 45.5 Å². The van der Waals surface area contributed by atoms with Gasteiger partial charge in [0.1, 0.15) is 24.9 Å². The van der Waals surface area contributed by atoms with Crippen LogP contribution in [-0.4, -0.2) is 169 Å². The van der Waals surface area contributed by atoms with Crippen molar-refractivity contribution in [2.24, 2.45) is 34.3 Å². The van der Waals surface area contributed by atoms with Crippen LogP contribution < -0.4 is 37.2 Å². The van der Waals surface area contributed by atoms with Crippen molar-refractivity contribution in [2.45, 2.75) is 162 Å². The van der Waals surface area contributed by atoms with Gasteiger partial charge in [0.2, 0.25) is 23.6 Å². The third-order valence-electron chi connectivity index (χ3n) is 21.1. The maximum absolute atomic E-state index is 13.9. The van der Waals surface area contributed by atoms with Crippen LogP contribution in [-0.2, 0) is 58.3 Å². The number of carbonyl (C=O) groups excluding carboxylic acids is 7. The van der Waals surface area contributed by atoms with Crippen molar-refractivity contribution >= 4 is 95.9 Å². The minimum Gasteiger partial charge on any atom is -0.476 e. The number of pyridine rings is 1. The monoisotopic (exact) mass is 1470 g/mol. The number of urea groups is 2. The van der Waals surface area contributed by atoms with Gasteiger partial charge in [-0.1, -0.05) is 88.3 Å². The number of ether oxygens (including phenoxy) is 2. The van der Waals surface area contributed by atoms with Crippen molar-refractivity contribution < 1.29 is 71.0 Å². The molecule has 104 heavy (non-hydrogen) atoms. The van der Waals surface area contributed by atoms with Crippen LogP contribution in [0, 0.1) is 35.5 Å². The standard InChI is InChI=1S/C74H93N13O15S2/c1-6-54-50-37-73(44-87-46(4)53(39-77-87)52-25-26-55(79-64(52)67(93)94)49-22-21-48-14-13-31-85(58(48)36-49)70(96)83-69-81-56-15-9-10-17-59(56)103-69)41-72(54,5)42-74(38-50,43-73)102-34-32-84(33-35-104(98,99)100)71(97)101-40-47-19-23-51(24-20-47)78-65(91)57(16-12-29-76-68(75)95)80-66(92)63(45(2)3)82-60(88)18-8-7-11-30-86-61(89)27-28-62(86)90/h9-10,15,17,19-28,36,39,45,50,54,57,61,63,89H,6-8,11-14,16,18,29-35,37-38,40-44H2,1-5H3,(H,78,91)(H,80,92)(H,82,88)(H,93,94)(H3,75,76,95)(H,81,83,96)(H,98,99,100)/t50?,54?,57-,61?,63-,72?,73?,74?/m0/s1. The molecule has 0 radical (unpaired) electrons. The zero-order valence-corrected chi connectivity index (χ0v) is 60.9. The molecule has 12 rings (SSSR count). The Morgan fingerprint density at radius 1 is 0.894 bits per heavy atom. The largest absolute Gasteiger partial charge is 0.476 e. The highest BCUT2D eigenvalue weighted by Crippen LogP contribution is 2.70. The van der Waals surface area contributed by atoms with Crippen LogP contribution in [0.15, 0.2) is 97.2 Å². The number of hydrogen-bond acceptors (Lipinski definition) is 17. The molecule has 0 spiro atoms. The number of aliphatic hydroxyl groups is 1. The molecule has 6 aliphatic rings. The summed E-state index contributed by atoms with van der Waals surface area (Å²) in [4.78, 5) is 119. The predicted molar refractivity (Wildman–Crippen MR) is 391 cm³/mol. The van der Waals surface area contributed by atoms with E-state index < -0.39 is 69.7 Å². The second kappa shape index (κ2) is 32.3. The van der Waals surface area contributed by atoms with Crippen molar-refractivity contribution in [3.63, 3.8) is 0 Å². The summed E-state index contributed by atoms with van der Waals surface area (Å²) in [6.45, 7) is 10.8. The average Bonchev–Trinajstić information content (AvgIpc) is 0.832. The molecule has 5 heterocycles. The molecule has 30 heteroatoms. The smallest absolute Gasteiger partial charge is 0.410 e. The number of carbonyl (C=O) groups is 8. The van der Waals surface area contributed by atoms with E-state index in [0.29, 0.717) is 95.9 Å². The first-order chi connectivity index (χ1) is 49.6. The molecule has 4 fully saturated rings. The molecular weight excluding hydrogens is 1380 g/mol. The Labute approximate surface area is 608 Å². The van der Waals surface area contributed by atoms with Crippen molar-refractivity contribution in [1.29, 1.82) is 0 Å². The fourth-order valence-electron chi connectivity index (χ4n) is 16.7. The number of carboxylic acid groups (broad SMARTS) is 1. The molecular formula is C74H93N13O15S2. The van der Waals surface area contributed by atoms with Gasteiger partial charge in [0.05, 0.1) is 40.1 Å². The number of amides is 9. The van der Waals surface area contributed by atoms with E-state index in [1.54, 1.807) is 61.3 Å². The number of unbranched alkanes of at least 4 members (excludes halogenated alkanes) is 2. The third-order valence-corrected chi connectivity index (χ3v) is 22.7. The summed E-state index contributed by atoms with van der Waals surface area (Å²) >= 11 is 1.40. The van der Waals surface area contributed by atoms with E-state index in [9.17, 15) is 61.5 Å². The van der Waals surface area contributed by atoms with E-state index >= 15 is 0 Å². The quantitative estimate of drug-likeness (QED) is 0.0140. The number of benzene rings is 3. The van der Waals surface area contributed by atoms with E-state index in [2.05, 4.69) is 45.4 Å². The van der Waals surface area contributed by atoms with Crippen LogP contribution in [0.3, 0.4) is 0 Å². The Balaban J connectivity index is 0.708. The number of nitrogens with one attached hydrogen (secondary N) is 5. The number of fused-ring (bicyclic) bond motifs is 2. The number of para-hydroxylation sites is 1. The molecule has 8 atom stereocenters. The first-order valence-electron chi connectivity index (χ1n) is 35.7. The van der Waals surface area contributed by atoms with Gasteiger partial charge in [-0.25, -0.2) is 29.1 Å². The van der Waals surface area contributed by atoms with E-state index in [-0.39, 0.29) is 92.4 Å². The van der Waals surface area contributed by atoms with Gasteiger partial charge in [0, 0.05) is 85.5 Å². The molecule has 4 bridgehead atoms. The number of thiazole rings is 1. The maximum atomic E-state index is 13.9. The molecule has 0 saturated heterocycles. The lowest BCUT2D eigenvalue weighted by Gasteiger charge is -2.68. The fraction of sp³-hybridized carbons (Fsp3) is 0.500. The van der Waals surface area contributed by atoms with E-state index in [0.717, 1.165) is 72.1 Å². The molecule has 4 saturated carbocycles. The van der Waals surface area contributed by atoms with Gasteiger partial charge < -0.3 is 56.5 Å². The number of nitrogens with zero attached hydrogens (tertiary/aromatic N) is 7. The number of primary amides is 1. The minimum absolute atomic E-state index is 0.0349. The molecule has 6 aromatic rings. The first kappa shape index (κ1) is 75.8. The summed E-state index contributed by atoms with van der Waals surface area (Å²) < 4.78 is 49.8. The van der Waals surface area contributed by atoms with Gasteiger partial charge in [-0.3, -0.25) is 38.6 Å². The van der Waals surface area contributed by atoms with Crippen LogP contribution in [0.5, 0.6) is 0 Å². The lowest BCUT2D eigenvalue weighted by Crippen LogP contribution is -2.65. The lowest BCUT2D eigenvalue weighted by molar-refractivity contribution is -0.247. The molecule has 556 valence electrons. The Kier molecular flexibility index (Phi) is 23.6. The molecule has 28 nitrogen and oxygen atoms in total. The van der Waals surface area contributed by atoms with Crippen LogP contribution in [0.25, 0.3) is 32.6 Å². The topological polar surface area (TPSA) is 389 Å². The number of nitrogens with two attached hydrogens (primary N) is 1. The SMILES string of the molecule is CCC1C2CC3(Cn4ncc(-c5ccc(-c6ccc7c(c6)N(C(=O)Nc6nc8ccccc8s6)CCC7)nc5C(=O)O)c4C)CC(OCCN(CCS(=O)(=O)O)C(=O)OCc4ccc(NC(=O)[C@H](CCCNC(N)=O)NC(=O)[C@@H](NC(=O)CCCCCN5C(=O)C=CC5O)C(C)C)cc4)(C2)CC1(C)C3. The normalized spacial score (nSPS) is 21.5. The van der Waals surface area contributed by atoms with E-state index in [1.165, 1.54) is 33.3 Å². The number of hydrogen-bond donors (Lipinski definition) is 9. The number of carboxylic acids is 1. The van der Waals surface area contributed by atoms with Crippen molar-refractivity contribution in [3.05, 3.63) is 120 Å². The predicted octanol–water partition coefficient (Wildman–Crippen LogP) is 9.41. The van der Waals surface area contributed by atoms with E-state index in [1.807, 2.05) is 54.1 Å². The van der Waals surface area contributed by atoms with Crippen molar-refractivity contribution in [2.75, 3.05) is 60.6 Å². The minimum atomic E-state index is -4.51. The first-order valence-corrected chi connectivity index (χ1v) is 38.1. The molecule has 9 amide bonds. The highest BCUT2D eigenvalue weighted by atomic mass is 32.2. The van der Waals surface area contributed by atoms with Gasteiger partial charge >= 0.3 is 24.1 Å². The molecule has 3 aromatic carbocycles. The van der Waals surface area contributed by atoms with Gasteiger partial charge in [-0.15, -0.1) is 0 Å². The maximum Gasteiger partial charge on any atom is 0.410 e. The van der Waals surface area contributed by atoms with Crippen molar-refractivity contribution in [3.8, 4) is 22.4 Å². The van der Waals surface area contributed by atoms with Gasteiger partial charge in [-0.05, 0) is 166 Å².